The summed E-state index contributed by atoms with van der Waals surface area (Å²) in [7, 11) is 3.14. The van der Waals surface area contributed by atoms with E-state index in [1.165, 1.54) is 11.8 Å². The number of ether oxygens (including phenoxy) is 2. The Morgan fingerprint density at radius 3 is 2.42 bits per heavy atom. The Balaban J connectivity index is 2.03. The number of amides is 1. The summed E-state index contributed by atoms with van der Waals surface area (Å²) in [5, 5.41) is 8.64. The predicted octanol–water partition coefficient (Wildman–Crippen LogP) is 3.55. The van der Waals surface area contributed by atoms with E-state index in [1.807, 2.05) is 12.1 Å². The van der Waals surface area contributed by atoms with Crippen LogP contribution in [0.2, 0.25) is 0 Å². The maximum atomic E-state index is 12.6. The zero-order valence-corrected chi connectivity index (χ0v) is 16.3. The molecule has 1 saturated heterocycles. The molecule has 26 heavy (non-hydrogen) atoms. The molecule has 1 amide bonds. The van der Waals surface area contributed by atoms with E-state index < -0.39 is 5.97 Å². The van der Waals surface area contributed by atoms with Crippen LogP contribution in [0.1, 0.15) is 31.2 Å². The van der Waals surface area contributed by atoms with Crippen molar-refractivity contribution in [1.29, 1.82) is 0 Å². The fourth-order valence-corrected chi connectivity index (χ4v) is 3.79. The van der Waals surface area contributed by atoms with Crippen LogP contribution in [0.5, 0.6) is 11.5 Å². The van der Waals surface area contributed by atoms with Gasteiger partial charge in [-0.25, -0.2) is 0 Å². The Morgan fingerprint density at radius 2 is 1.85 bits per heavy atom. The van der Waals surface area contributed by atoms with E-state index in [0.29, 0.717) is 33.7 Å². The van der Waals surface area contributed by atoms with Gasteiger partial charge in [-0.3, -0.25) is 14.5 Å². The van der Waals surface area contributed by atoms with Crippen LogP contribution in [0.3, 0.4) is 0 Å². The van der Waals surface area contributed by atoms with Crippen molar-refractivity contribution in [3.8, 4) is 11.5 Å². The third kappa shape index (κ3) is 5.47. The van der Waals surface area contributed by atoms with E-state index in [-0.39, 0.29) is 12.3 Å². The summed E-state index contributed by atoms with van der Waals surface area (Å²) in [4.78, 5) is 25.2. The highest BCUT2D eigenvalue weighted by atomic mass is 32.2. The van der Waals surface area contributed by atoms with Gasteiger partial charge in [0, 0.05) is 19.0 Å². The minimum atomic E-state index is -0.799. The number of rotatable bonds is 9. The number of hydrogen-bond donors (Lipinski definition) is 1. The smallest absolute Gasteiger partial charge is 0.303 e. The molecule has 140 valence electrons. The zero-order valence-electron chi connectivity index (χ0n) is 14.7. The Labute approximate surface area is 162 Å². The van der Waals surface area contributed by atoms with E-state index in [1.54, 1.807) is 31.3 Å². The molecule has 0 spiro atoms. The highest BCUT2D eigenvalue weighted by molar-refractivity contribution is 8.26. The summed E-state index contributed by atoms with van der Waals surface area (Å²) in [5.41, 5.74) is 0.795. The standard InChI is InChI=1S/C18H21NO5S2/c1-23-13-8-12(9-14(11-13)24-2)10-15-17(22)19(18(25)26-15)7-5-3-4-6-16(20)21/h8-11H,3-7H2,1-2H3,(H,20,21)/b15-10-. The molecule has 1 heterocycles. The topological polar surface area (TPSA) is 76.1 Å². The number of aliphatic carboxylic acids is 1. The molecule has 0 aromatic heterocycles. The number of thioether (sulfide) groups is 1. The van der Waals surface area contributed by atoms with Crippen LogP contribution in [-0.2, 0) is 9.59 Å². The number of carboxylic acids is 1. The zero-order chi connectivity index (χ0) is 19.1. The van der Waals surface area contributed by atoms with Crippen LogP contribution >= 0.6 is 24.0 Å². The largest absolute Gasteiger partial charge is 0.497 e. The number of unbranched alkanes of at least 4 members (excludes halogenated alkanes) is 2. The number of carboxylic acid groups (broad SMARTS) is 1. The van der Waals surface area contributed by atoms with Crippen molar-refractivity contribution in [2.45, 2.75) is 25.7 Å². The van der Waals surface area contributed by atoms with Gasteiger partial charge >= 0.3 is 5.97 Å². The summed E-state index contributed by atoms with van der Waals surface area (Å²) in [6.07, 6.45) is 3.99. The van der Waals surface area contributed by atoms with Crippen LogP contribution in [-0.4, -0.2) is 47.0 Å². The first-order chi connectivity index (χ1) is 12.4. The van der Waals surface area contributed by atoms with Gasteiger partial charge in [-0.15, -0.1) is 0 Å². The molecule has 0 bridgehead atoms. The van der Waals surface area contributed by atoms with Gasteiger partial charge in [0.2, 0.25) is 0 Å². The van der Waals surface area contributed by atoms with Crippen LogP contribution in [0.25, 0.3) is 6.08 Å². The molecule has 1 N–H and O–H groups in total. The second-order valence-electron chi connectivity index (χ2n) is 5.68. The average molecular weight is 396 g/mol. The van der Waals surface area contributed by atoms with Crippen LogP contribution < -0.4 is 9.47 Å². The fourth-order valence-electron chi connectivity index (χ4n) is 2.48. The lowest BCUT2D eigenvalue weighted by molar-refractivity contribution is -0.137. The van der Waals surface area contributed by atoms with E-state index in [9.17, 15) is 9.59 Å². The Hall–Kier alpha value is -2.06. The van der Waals surface area contributed by atoms with Gasteiger partial charge < -0.3 is 14.6 Å². The maximum absolute atomic E-state index is 12.6. The Kier molecular flexibility index (Phi) is 7.47. The monoisotopic (exact) mass is 395 g/mol. The summed E-state index contributed by atoms with van der Waals surface area (Å²) in [6, 6.07) is 5.40. The first kappa shape index (κ1) is 20.3. The van der Waals surface area contributed by atoms with Crippen molar-refractivity contribution in [2.24, 2.45) is 0 Å². The summed E-state index contributed by atoms with van der Waals surface area (Å²) < 4.78 is 11.0. The summed E-state index contributed by atoms with van der Waals surface area (Å²) in [6.45, 7) is 0.503. The number of carbonyl (C=O) groups is 2. The minimum absolute atomic E-state index is 0.125. The van der Waals surface area contributed by atoms with E-state index >= 15 is 0 Å². The van der Waals surface area contributed by atoms with Gasteiger partial charge in [0.15, 0.2) is 0 Å². The quantitative estimate of drug-likeness (QED) is 0.389. The molecule has 0 unspecified atom stereocenters. The molecular formula is C18H21NO5S2. The summed E-state index contributed by atoms with van der Waals surface area (Å²) in [5.74, 6) is 0.362. The number of thiocarbonyl (C=S) groups is 1. The first-order valence-electron chi connectivity index (χ1n) is 8.15. The number of methoxy groups -OCH3 is 2. The van der Waals surface area contributed by atoms with Gasteiger partial charge in [0.25, 0.3) is 5.91 Å². The first-order valence-corrected chi connectivity index (χ1v) is 9.37. The molecule has 1 fully saturated rings. The minimum Gasteiger partial charge on any atom is -0.497 e. The molecule has 6 nitrogen and oxygen atoms in total. The third-order valence-corrected chi connectivity index (χ3v) is 5.20. The molecule has 1 aromatic carbocycles. The fraction of sp³-hybridized carbons (Fsp3) is 0.389. The molecule has 1 aliphatic rings. The molecule has 0 atom stereocenters. The number of benzene rings is 1. The van der Waals surface area contributed by atoms with Crippen molar-refractivity contribution in [3.05, 3.63) is 28.7 Å². The number of nitrogens with zero attached hydrogens (tertiary/aromatic N) is 1. The summed E-state index contributed by atoms with van der Waals surface area (Å²) >= 11 is 6.58. The van der Waals surface area contributed by atoms with Gasteiger partial charge in [0.05, 0.1) is 19.1 Å². The lowest BCUT2D eigenvalue weighted by Crippen LogP contribution is -2.29. The normalized spacial score (nSPS) is 15.6. The van der Waals surface area contributed by atoms with E-state index in [4.69, 9.17) is 26.8 Å². The van der Waals surface area contributed by atoms with Crippen LogP contribution in [0.15, 0.2) is 23.1 Å². The Bertz CT molecular complexity index is 710. The van der Waals surface area contributed by atoms with Crippen molar-refractivity contribution in [2.75, 3.05) is 20.8 Å². The third-order valence-electron chi connectivity index (χ3n) is 3.82. The highest BCUT2D eigenvalue weighted by Crippen LogP contribution is 2.34. The van der Waals surface area contributed by atoms with E-state index in [2.05, 4.69) is 0 Å². The lowest BCUT2D eigenvalue weighted by atomic mass is 10.1. The van der Waals surface area contributed by atoms with Gasteiger partial charge in [0.1, 0.15) is 15.8 Å². The van der Waals surface area contributed by atoms with Gasteiger partial charge in [-0.05, 0) is 36.6 Å². The SMILES string of the molecule is COc1cc(/C=C2\SC(=S)N(CCCCCC(=O)O)C2=O)cc(OC)c1. The van der Waals surface area contributed by atoms with Crippen LogP contribution in [0, 0.1) is 0 Å². The molecule has 1 aliphatic heterocycles. The number of hydrogen-bond acceptors (Lipinski definition) is 6. The molecule has 0 saturated carbocycles. The predicted molar refractivity (Wildman–Crippen MR) is 106 cm³/mol. The van der Waals surface area contributed by atoms with Crippen molar-refractivity contribution < 1.29 is 24.2 Å². The molecule has 0 aliphatic carbocycles. The van der Waals surface area contributed by atoms with Crippen molar-refractivity contribution >= 4 is 46.3 Å². The molecular weight excluding hydrogens is 374 g/mol. The molecule has 0 radical (unpaired) electrons. The second-order valence-corrected chi connectivity index (χ2v) is 7.36. The lowest BCUT2D eigenvalue weighted by Gasteiger charge is -2.13. The van der Waals surface area contributed by atoms with Gasteiger partial charge in [-0.1, -0.05) is 30.4 Å². The van der Waals surface area contributed by atoms with Crippen molar-refractivity contribution in [1.82, 2.24) is 4.90 Å². The molecule has 2 rings (SSSR count). The maximum Gasteiger partial charge on any atom is 0.303 e. The van der Waals surface area contributed by atoms with Gasteiger partial charge in [-0.2, -0.15) is 0 Å². The number of carbonyl (C=O) groups excluding carboxylic acids is 1. The average Bonchev–Trinajstić information content (AvgIpc) is 2.87. The van der Waals surface area contributed by atoms with E-state index in [0.717, 1.165) is 18.4 Å². The Morgan fingerprint density at radius 1 is 1.19 bits per heavy atom. The molecule has 8 heteroatoms. The molecule has 1 aromatic rings. The van der Waals surface area contributed by atoms with Crippen molar-refractivity contribution in [3.63, 3.8) is 0 Å². The van der Waals surface area contributed by atoms with Crippen LogP contribution in [0.4, 0.5) is 0 Å². The highest BCUT2D eigenvalue weighted by Gasteiger charge is 2.31. The second kappa shape index (κ2) is 9.59.